The fraction of sp³-hybridized carbons (Fsp3) is 0.750. The number of hydroxylamine groups is 2. The molecule has 2 saturated heterocycles. The maximum Gasteiger partial charge on any atom is 0.240 e. The molecule has 35 heavy (non-hydrogen) atoms. The number of amides is 1. The van der Waals surface area contributed by atoms with Gasteiger partial charge in [0.05, 0.1) is 13.2 Å². The summed E-state index contributed by atoms with van der Waals surface area (Å²) in [5.41, 5.74) is 2.74. The van der Waals surface area contributed by atoms with Crippen molar-refractivity contribution >= 4 is 11.6 Å². The Hall–Kier alpha value is -1.67. The van der Waals surface area contributed by atoms with Gasteiger partial charge in [-0.1, -0.05) is 39.8 Å². The molecule has 0 radical (unpaired) electrons. The normalized spacial score (nSPS) is 36.6. The molecule has 3 aliphatic carbocycles. The number of piperazine rings is 1. The number of carbonyl (C=O) groups is 1. The van der Waals surface area contributed by atoms with Gasteiger partial charge in [0, 0.05) is 43.8 Å². The van der Waals surface area contributed by atoms with Crippen molar-refractivity contribution in [1.82, 2.24) is 15.7 Å². The van der Waals surface area contributed by atoms with Gasteiger partial charge < -0.3 is 20.6 Å². The topological polar surface area (TPSA) is 77.1 Å². The second-order valence-electron chi connectivity index (χ2n) is 11.9. The molecule has 7 nitrogen and oxygen atoms in total. The van der Waals surface area contributed by atoms with E-state index in [1.54, 1.807) is 0 Å². The molecule has 5 aliphatic rings. The van der Waals surface area contributed by atoms with Crippen molar-refractivity contribution < 1.29 is 14.7 Å². The fourth-order valence-corrected chi connectivity index (χ4v) is 7.41. The zero-order chi connectivity index (χ0) is 24.7. The van der Waals surface area contributed by atoms with Crippen molar-refractivity contribution in [3.8, 4) is 0 Å². The van der Waals surface area contributed by atoms with Crippen molar-refractivity contribution in [3.05, 3.63) is 29.8 Å². The minimum Gasteiger partial charge on any atom is -0.394 e. The Bertz CT molecular complexity index is 902. The molecule has 6 rings (SSSR count). The molecule has 0 unspecified atom stereocenters. The summed E-state index contributed by atoms with van der Waals surface area (Å²) in [6, 6.07) is 8.41. The quantitative estimate of drug-likeness (QED) is 0.553. The van der Waals surface area contributed by atoms with Gasteiger partial charge in [0.25, 0.3) is 0 Å². The lowest BCUT2D eigenvalue weighted by Gasteiger charge is -2.62. The fourth-order valence-electron chi connectivity index (χ4n) is 7.41. The first-order valence-corrected chi connectivity index (χ1v) is 13.7. The predicted octanol–water partition coefficient (Wildman–Crippen LogP) is 2.79. The molecule has 7 heteroatoms. The third-order valence-electron chi connectivity index (χ3n) is 9.80. The maximum absolute atomic E-state index is 13.8. The van der Waals surface area contributed by atoms with Gasteiger partial charge >= 0.3 is 0 Å². The van der Waals surface area contributed by atoms with Gasteiger partial charge in [-0.05, 0) is 60.1 Å². The summed E-state index contributed by atoms with van der Waals surface area (Å²) in [4.78, 5) is 22.4. The third kappa shape index (κ3) is 4.61. The minimum atomic E-state index is -0.390. The zero-order valence-corrected chi connectivity index (χ0v) is 21.9. The van der Waals surface area contributed by atoms with Crippen LogP contribution in [0.2, 0.25) is 0 Å². The molecule has 1 aromatic rings. The molecule has 0 aromatic heterocycles. The Morgan fingerprint density at radius 2 is 2.03 bits per heavy atom. The Labute approximate surface area is 210 Å². The second kappa shape index (κ2) is 10.0. The highest BCUT2D eigenvalue weighted by Gasteiger charge is 2.57. The largest absolute Gasteiger partial charge is 0.394 e. The van der Waals surface area contributed by atoms with E-state index in [2.05, 4.69) is 67.5 Å². The Morgan fingerprint density at radius 3 is 2.69 bits per heavy atom. The minimum absolute atomic E-state index is 0.0266. The Kier molecular flexibility index (Phi) is 7.14. The standard InChI is InChI=1S/C28H44N4O3/c1-5-22-25(17-33)35-32(16-19-7-6-8-21(13-19)31-11-9-29-10-12-31)26(22)27(34)30-24-15-20-14-23(18(24)2)28(20,3)4/h6-8,13,18,20,22-26,29,33H,5,9-12,14-17H2,1-4H3,(H,30,34)/t18-,20+,22+,23-,24-,25-,26-/m0/s1. The number of benzene rings is 1. The van der Waals surface area contributed by atoms with Gasteiger partial charge in [0.15, 0.2) is 0 Å². The number of carbonyl (C=O) groups excluding carboxylic acids is 1. The van der Waals surface area contributed by atoms with Crippen LogP contribution in [0, 0.1) is 29.1 Å². The Morgan fingerprint density at radius 1 is 1.26 bits per heavy atom. The van der Waals surface area contributed by atoms with Crippen LogP contribution < -0.4 is 15.5 Å². The molecular formula is C28H44N4O3. The van der Waals surface area contributed by atoms with Crippen LogP contribution in [0.4, 0.5) is 5.69 Å². The molecule has 5 fully saturated rings. The monoisotopic (exact) mass is 484 g/mol. The molecule has 2 aliphatic heterocycles. The van der Waals surface area contributed by atoms with E-state index >= 15 is 0 Å². The van der Waals surface area contributed by atoms with E-state index in [0.717, 1.165) is 44.6 Å². The molecule has 7 atom stereocenters. The molecule has 1 amide bonds. The van der Waals surface area contributed by atoms with E-state index in [4.69, 9.17) is 4.84 Å². The van der Waals surface area contributed by atoms with E-state index < -0.39 is 6.04 Å². The molecule has 0 spiro atoms. The first-order valence-electron chi connectivity index (χ1n) is 13.7. The van der Waals surface area contributed by atoms with Crippen LogP contribution in [0.15, 0.2) is 24.3 Å². The van der Waals surface area contributed by atoms with Crippen molar-refractivity contribution in [3.63, 3.8) is 0 Å². The molecule has 2 heterocycles. The van der Waals surface area contributed by atoms with Crippen LogP contribution >= 0.6 is 0 Å². The van der Waals surface area contributed by atoms with Crippen molar-refractivity contribution in [1.29, 1.82) is 0 Å². The summed E-state index contributed by atoms with van der Waals surface area (Å²) in [5, 5.41) is 18.7. The highest BCUT2D eigenvalue weighted by Crippen LogP contribution is 2.61. The Balaban J connectivity index is 1.31. The molecule has 1 aromatic carbocycles. The van der Waals surface area contributed by atoms with Gasteiger partial charge in [-0.25, -0.2) is 0 Å². The van der Waals surface area contributed by atoms with E-state index in [0.29, 0.717) is 29.7 Å². The third-order valence-corrected chi connectivity index (χ3v) is 9.80. The molecule has 2 bridgehead atoms. The van der Waals surface area contributed by atoms with Gasteiger partial charge in [0.2, 0.25) is 5.91 Å². The smallest absolute Gasteiger partial charge is 0.240 e. The van der Waals surface area contributed by atoms with Crippen molar-refractivity contribution in [2.75, 3.05) is 37.7 Å². The maximum atomic E-state index is 13.8. The zero-order valence-electron chi connectivity index (χ0n) is 21.9. The summed E-state index contributed by atoms with van der Waals surface area (Å²) in [6.45, 7) is 13.6. The molecule has 3 saturated carbocycles. The number of fused-ring (bicyclic) bond motifs is 2. The average Bonchev–Trinajstić information content (AvgIpc) is 3.22. The van der Waals surface area contributed by atoms with Crippen LogP contribution in [-0.2, 0) is 16.2 Å². The number of hydrogen-bond donors (Lipinski definition) is 3. The summed E-state index contributed by atoms with van der Waals surface area (Å²) in [6.07, 6.45) is 2.81. The first kappa shape index (κ1) is 25.0. The van der Waals surface area contributed by atoms with E-state index in [1.165, 1.54) is 12.1 Å². The van der Waals surface area contributed by atoms with Crippen molar-refractivity contribution in [2.24, 2.45) is 29.1 Å². The number of nitrogens with one attached hydrogen (secondary N) is 2. The van der Waals surface area contributed by atoms with Crippen molar-refractivity contribution in [2.45, 2.75) is 71.7 Å². The summed E-state index contributed by atoms with van der Waals surface area (Å²) >= 11 is 0. The van der Waals surface area contributed by atoms with E-state index in [-0.39, 0.29) is 30.6 Å². The number of aliphatic hydroxyl groups is 1. The van der Waals surface area contributed by atoms with E-state index in [1.807, 2.05) is 5.06 Å². The average molecular weight is 485 g/mol. The number of nitrogens with zero attached hydrogens (tertiary/aromatic N) is 2. The summed E-state index contributed by atoms with van der Waals surface area (Å²) < 4.78 is 0. The van der Waals surface area contributed by atoms with Crippen LogP contribution in [0.5, 0.6) is 0 Å². The van der Waals surface area contributed by atoms with Crippen LogP contribution in [0.25, 0.3) is 0 Å². The SMILES string of the molecule is CC[C@@H]1[C@H](CO)ON(Cc2cccc(N3CCNCC3)c2)[C@@H]1C(=O)N[C@H]1C[C@H]2C[C@@H]([C@@H]1C)C2(C)C. The highest BCUT2D eigenvalue weighted by molar-refractivity contribution is 5.82. The lowest BCUT2D eigenvalue weighted by Crippen LogP contribution is -2.62. The lowest BCUT2D eigenvalue weighted by atomic mass is 9.45. The molecule has 3 N–H and O–H groups in total. The lowest BCUT2D eigenvalue weighted by molar-refractivity contribution is -0.183. The molecular weight excluding hydrogens is 440 g/mol. The highest BCUT2D eigenvalue weighted by atomic mass is 16.7. The predicted molar refractivity (Wildman–Crippen MR) is 138 cm³/mol. The van der Waals surface area contributed by atoms with Crippen LogP contribution in [-0.4, -0.2) is 67.1 Å². The van der Waals surface area contributed by atoms with Gasteiger partial charge in [-0.2, -0.15) is 5.06 Å². The first-order chi connectivity index (χ1) is 16.8. The van der Waals surface area contributed by atoms with Crippen LogP contribution in [0.1, 0.15) is 52.5 Å². The van der Waals surface area contributed by atoms with Gasteiger partial charge in [-0.3, -0.25) is 9.63 Å². The molecule has 194 valence electrons. The number of rotatable bonds is 7. The number of aliphatic hydroxyl groups excluding tert-OH is 1. The van der Waals surface area contributed by atoms with Gasteiger partial charge in [0.1, 0.15) is 12.1 Å². The second-order valence-corrected chi connectivity index (χ2v) is 11.9. The summed E-state index contributed by atoms with van der Waals surface area (Å²) in [5.74, 6) is 1.90. The number of hydrogen-bond acceptors (Lipinski definition) is 6. The number of anilines is 1. The summed E-state index contributed by atoms with van der Waals surface area (Å²) in [7, 11) is 0. The van der Waals surface area contributed by atoms with Crippen LogP contribution in [0.3, 0.4) is 0 Å². The van der Waals surface area contributed by atoms with Gasteiger partial charge in [-0.15, -0.1) is 0 Å². The van der Waals surface area contributed by atoms with E-state index in [9.17, 15) is 9.90 Å².